The van der Waals surface area contributed by atoms with Crippen LogP contribution in [0.3, 0.4) is 0 Å². The lowest BCUT2D eigenvalue weighted by Gasteiger charge is -2.10. The molecular formula is C31H19F2N7O. The van der Waals surface area contributed by atoms with Crippen molar-refractivity contribution < 1.29 is 13.6 Å². The normalized spacial score (nSPS) is 10.8. The number of aromatic nitrogens is 4. The molecule has 0 aliphatic rings. The van der Waals surface area contributed by atoms with Gasteiger partial charge in [-0.05, 0) is 66.7 Å². The fraction of sp³-hybridized carbons (Fsp3) is 0. The summed E-state index contributed by atoms with van der Waals surface area (Å²) in [6, 6.07) is 26.2. The van der Waals surface area contributed by atoms with E-state index in [1.165, 1.54) is 0 Å². The highest BCUT2D eigenvalue weighted by Crippen LogP contribution is 2.35. The predicted octanol–water partition coefficient (Wildman–Crippen LogP) is 6.60. The van der Waals surface area contributed by atoms with Crippen LogP contribution in [0.5, 0.6) is 0 Å². The average molecular weight is 544 g/mol. The van der Waals surface area contributed by atoms with Crippen LogP contribution in [0.4, 0.5) is 26.1 Å². The standard InChI is InChI=1S/C31H19F2N7O/c32-21-10-11-25(33)24(17-21)30(41)36-23-8-4-6-20(16-23)29-28(27-9-1-2-14-40(27)39-29)26-12-13-35-31(38-26)37-22-7-3-5-19(15-22)18-34/h1-17H,(H,36,41)(H,35,37,38). The molecule has 0 saturated carbocycles. The Morgan fingerprint density at radius 2 is 1.76 bits per heavy atom. The van der Waals surface area contributed by atoms with Crippen LogP contribution in [0.2, 0.25) is 0 Å². The first kappa shape index (κ1) is 25.3. The van der Waals surface area contributed by atoms with Gasteiger partial charge in [-0.2, -0.15) is 10.4 Å². The Morgan fingerprint density at radius 3 is 2.63 bits per heavy atom. The van der Waals surface area contributed by atoms with Gasteiger partial charge in [0.25, 0.3) is 5.91 Å². The second kappa shape index (κ2) is 10.7. The monoisotopic (exact) mass is 543 g/mol. The van der Waals surface area contributed by atoms with E-state index in [9.17, 15) is 18.8 Å². The number of nitrogens with zero attached hydrogens (tertiary/aromatic N) is 5. The molecule has 10 heteroatoms. The summed E-state index contributed by atoms with van der Waals surface area (Å²) in [6.45, 7) is 0. The Balaban J connectivity index is 1.38. The highest BCUT2D eigenvalue weighted by atomic mass is 19.1. The molecule has 0 spiro atoms. The third-order valence-electron chi connectivity index (χ3n) is 6.27. The van der Waals surface area contributed by atoms with E-state index in [0.29, 0.717) is 39.8 Å². The van der Waals surface area contributed by atoms with Gasteiger partial charge in [0, 0.05) is 29.3 Å². The zero-order chi connectivity index (χ0) is 28.3. The number of fused-ring (bicyclic) bond motifs is 1. The SMILES string of the molecule is N#Cc1cccc(Nc2nccc(-c3c(-c4cccc(NC(=O)c5cc(F)ccc5F)c4)nn4ccccc34)n2)c1. The van der Waals surface area contributed by atoms with E-state index in [-0.39, 0.29) is 0 Å². The summed E-state index contributed by atoms with van der Waals surface area (Å²) in [6.07, 6.45) is 3.44. The van der Waals surface area contributed by atoms with Crippen molar-refractivity contribution in [3.63, 3.8) is 0 Å². The molecule has 198 valence electrons. The Morgan fingerprint density at radius 1 is 0.902 bits per heavy atom. The molecule has 0 aliphatic heterocycles. The van der Waals surface area contributed by atoms with Crippen LogP contribution in [-0.2, 0) is 0 Å². The van der Waals surface area contributed by atoms with Crippen LogP contribution in [0, 0.1) is 23.0 Å². The maximum absolute atomic E-state index is 14.2. The van der Waals surface area contributed by atoms with Gasteiger partial charge in [-0.3, -0.25) is 4.79 Å². The number of nitrogens with one attached hydrogen (secondary N) is 2. The van der Waals surface area contributed by atoms with E-state index in [1.807, 2.05) is 36.5 Å². The molecule has 0 fully saturated rings. The van der Waals surface area contributed by atoms with Gasteiger partial charge in [0.1, 0.15) is 17.3 Å². The minimum absolute atomic E-state index is 0.331. The number of nitriles is 1. The lowest BCUT2D eigenvalue weighted by Crippen LogP contribution is -2.14. The molecule has 1 amide bonds. The Hall–Kier alpha value is -5.95. The third kappa shape index (κ3) is 5.20. The molecule has 3 heterocycles. The zero-order valence-corrected chi connectivity index (χ0v) is 21.2. The number of pyridine rings is 1. The van der Waals surface area contributed by atoms with Crippen LogP contribution in [0.1, 0.15) is 15.9 Å². The molecule has 0 saturated heterocycles. The molecule has 8 nitrogen and oxygen atoms in total. The van der Waals surface area contributed by atoms with E-state index < -0.39 is 23.1 Å². The summed E-state index contributed by atoms with van der Waals surface area (Å²) in [5, 5.41) is 19.8. The molecule has 0 aliphatic carbocycles. The topological polar surface area (TPSA) is 108 Å². The molecule has 3 aromatic heterocycles. The van der Waals surface area contributed by atoms with E-state index in [4.69, 9.17) is 10.1 Å². The number of anilines is 3. The summed E-state index contributed by atoms with van der Waals surface area (Å²) in [5.74, 6) is -1.98. The lowest BCUT2D eigenvalue weighted by molar-refractivity contribution is 0.102. The molecule has 0 bridgehead atoms. The molecule has 0 atom stereocenters. The van der Waals surface area contributed by atoms with Crippen molar-refractivity contribution in [2.75, 3.05) is 10.6 Å². The van der Waals surface area contributed by atoms with Gasteiger partial charge in [0.05, 0.1) is 34.0 Å². The second-order valence-corrected chi connectivity index (χ2v) is 9.00. The average Bonchev–Trinajstić information content (AvgIpc) is 3.38. The molecule has 6 rings (SSSR count). The molecule has 6 aromatic rings. The molecule has 3 aromatic carbocycles. The Kier molecular flexibility index (Phi) is 6.59. The van der Waals surface area contributed by atoms with Gasteiger partial charge in [-0.1, -0.05) is 24.3 Å². The number of carbonyl (C=O) groups excluding carboxylic acids is 1. The summed E-state index contributed by atoms with van der Waals surface area (Å²) >= 11 is 0. The van der Waals surface area contributed by atoms with Crippen LogP contribution >= 0.6 is 0 Å². The number of rotatable bonds is 6. The fourth-order valence-electron chi connectivity index (χ4n) is 4.42. The predicted molar refractivity (Wildman–Crippen MR) is 150 cm³/mol. The maximum Gasteiger partial charge on any atom is 0.258 e. The quantitative estimate of drug-likeness (QED) is 0.245. The fourth-order valence-corrected chi connectivity index (χ4v) is 4.42. The summed E-state index contributed by atoms with van der Waals surface area (Å²) < 4.78 is 29.5. The number of amides is 1. The van der Waals surface area contributed by atoms with Crippen LogP contribution < -0.4 is 10.6 Å². The number of carbonyl (C=O) groups is 1. The molecular weight excluding hydrogens is 524 g/mol. The maximum atomic E-state index is 14.2. The minimum Gasteiger partial charge on any atom is -0.324 e. The first-order valence-corrected chi connectivity index (χ1v) is 12.4. The first-order chi connectivity index (χ1) is 20.0. The lowest BCUT2D eigenvalue weighted by atomic mass is 10.0. The Bertz CT molecular complexity index is 1980. The van der Waals surface area contributed by atoms with Crippen molar-refractivity contribution in [2.45, 2.75) is 0 Å². The number of hydrogen-bond acceptors (Lipinski definition) is 6. The van der Waals surface area contributed by atoms with Crippen LogP contribution in [-0.4, -0.2) is 25.5 Å². The summed E-state index contributed by atoms with van der Waals surface area (Å²) in [5.41, 5.74) is 4.49. The van der Waals surface area contributed by atoms with Gasteiger partial charge < -0.3 is 10.6 Å². The zero-order valence-electron chi connectivity index (χ0n) is 21.2. The van der Waals surface area contributed by atoms with Gasteiger partial charge in [0.15, 0.2) is 0 Å². The Labute approximate surface area is 232 Å². The van der Waals surface area contributed by atoms with Gasteiger partial charge in [0.2, 0.25) is 5.95 Å². The number of hydrogen-bond donors (Lipinski definition) is 2. The van der Waals surface area contributed by atoms with Gasteiger partial charge >= 0.3 is 0 Å². The molecule has 2 N–H and O–H groups in total. The van der Waals surface area contributed by atoms with E-state index >= 15 is 0 Å². The first-order valence-electron chi connectivity index (χ1n) is 12.4. The largest absolute Gasteiger partial charge is 0.324 e. The van der Waals surface area contributed by atoms with Crippen molar-refractivity contribution in [2.24, 2.45) is 0 Å². The van der Waals surface area contributed by atoms with Crippen molar-refractivity contribution in [1.29, 1.82) is 5.26 Å². The van der Waals surface area contributed by atoms with Crippen molar-refractivity contribution in [3.8, 4) is 28.6 Å². The van der Waals surface area contributed by atoms with Crippen molar-refractivity contribution in [3.05, 3.63) is 126 Å². The molecule has 41 heavy (non-hydrogen) atoms. The van der Waals surface area contributed by atoms with Crippen LogP contribution in [0.15, 0.2) is 103 Å². The van der Waals surface area contributed by atoms with Crippen molar-refractivity contribution >= 4 is 28.7 Å². The van der Waals surface area contributed by atoms with E-state index in [1.54, 1.807) is 53.2 Å². The van der Waals surface area contributed by atoms with Gasteiger partial charge in [-0.15, -0.1) is 0 Å². The number of halogens is 2. The van der Waals surface area contributed by atoms with E-state index in [0.717, 1.165) is 29.3 Å². The summed E-state index contributed by atoms with van der Waals surface area (Å²) in [7, 11) is 0. The summed E-state index contributed by atoms with van der Waals surface area (Å²) in [4.78, 5) is 21.8. The van der Waals surface area contributed by atoms with Crippen molar-refractivity contribution in [1.82, 2.24) is 19.6 Å². The van der Waals surface area contributed by atoms with Crippen LogP contribution in [0.25, 0.3) is 28.0 Å². The highest BCUT2D eigenvalue weighted by molar-refractivity contribution is 6.05. The van der Waals surface area contributed by atoms with Gasteiger partial charge in [-0.25, -0.2) is 23.3 Å². The molecule has 0 radical (unpaired) electrons. The second-order valence-electron chi connectivity index (χ2n) is 9.00. The van der Waals surface area contributed by atoms with E-state index in [2.05, 4.69) is 21.7 Å². The molecule has 0 unspecified atom stereocenters. The third-order valence-corrected chi connectivity index (χ3v) is 6.27. The smallest absolute Gasteiger partial charge is 0.258 e. The highest BCUT2D eigenvalue weighted by Gasteiger charge is 2.19. The minimum atomic E-state index is -0.824. The number of benzene rings is 3.